The number of hydrogen-bond donors (Lipinski definition) is 1. The number of pyridine rings is 1. The minimum atomic E-state index is -1.03. The molecule has 1 aliphatic heterocycles. The van der Waals surface area contributed by atoms with Gasteiger partial charge in [-0.15, -0.1) is 11.3 Å². The number of aliphatic carboxylic acids is 1. The van der Waals surface area contributed by atoms with E-state index in [9.17, 15) is 14.7 Å². The maximum atomic E-state index is 12.8. The number of thiophene rings is 1. The quantitative estimate of drug-likeness (QED) is 0.578. The van der Waals surface area contributed by atoms with Crippen LogP contribution in [0.2, 0.25) is 5.02 Å². The number of rotatable bonds is 7. The Morgan fingerprint density at radius 1 is 1.39 bits per heavy atom. The lowest BCUT2D eigenvalue weighted by atomic mass is 9.95. The van der Waals surface area contributed by atoms with Crippen molar-refractivity contribution in [3.8, 4) is 0 Å². The van der Waals surface area contributed by atoms with Crippen molar-refractivity contribution in [2.75, 3.05) is 19.8 Å². The van der Waals surface area contributed by atoms with Crippen LogP contribution in [-0.2, 0) is 33.8 Å². The Morgan fingerprint density at radius 2 is 2.19 bits per heavy atom. The molecule has 7 nitrogen and oxygen atoms in total. The third-order valence-corrected chi connectivity index (χ3v) is 6.84. The molecule has 9 heteroatoms. The van der Waals surface area contributed by atoms with Gasteiger partial charge >= 0.3 is 5.97 Å². The Labute approximate surface area is 189 Å². The number of hydrogen-bond acceptors (Lipinski definition) is 5. The van der Waals surface area contributed by atoms with Gasteiger partial charge in [-0.3, -0.25) is 9.59 Å². The molecule has 1 amide bonds. The van der Waals surface area contributed by atoms with Gasteiger partial charge in [0.05, 0.1) is 30.1 Å². The summed E-state index contributed by atoms with van der Waals surface area (Å²) >= 11 is 7.71. The maximum absolute atomic E-state index is 12.8. The summed E-state index contributed by atoms with van der Waals surface area (Å²) in [6.07, 6.45) is 2.52. The van der Waals surface area contributed by atoms with Crippen LogP contribution in [0.15, 0.2) is 29.8 Å². The molecule has 0 saturated heterocycles. The van der Waals surface area contributed by atoms with Gasteiger partial charge < -0.3 is 19.3 Å². The summed E-state index contributed by atoms with van der Waals surface area (Å²) in [4.78, 5) is 31.5. The van der Waals surface area contributed by atoms with Crippen molar-refractivity contribution in [3.05, 3.63) is 50.9 Å². The number of ether oxygens (including phenoxy) is 1. The monoisotopic (exact) mass is 461 g/mol. The number of amides is 1. The number of carboxylic acid groups (broad SMARTS) is 1. The molecule has 164 valence electrons. The molecule has 1 aliphatic rings. The largest absolute Gasteiger partial charge is 0.481 e. The number of fused-ring (bicyclic) bond motifs is 3. The lowest BCUT2D eigenvalue weighted by Gasteiger charge is -2.29. The first-order chi connectivity index (χ1) is 14.8. The van der Waals surface area contributed by atoms with Gasteiger partial charge in [0.1, 0.15) is 12.3 Å². The first kappa shape index (κ1) is 21.8. The van der Waals surface area contributed by atoms with Crippen LogP contribution < -0.4 is 0 Å². The Kier molecular flexibility index (Phi) is 6.05. The van der Waals surface area contributed by atoms with E-state index < -0.39 is 11.4 Å². The van der Waals surface area contributed by atoms with Gasteiger partial charge in [0.15, 0.2) is 0 Å². The molecule has 0 saturated carbocycles. The molecule has 0 bridgehead atoms. The number of carbonyl (C=O) groups is 2. The molecule has 4 rings (SSSR count). The fourth-order valence-electron chi connectivity index (χ4n) is 3.78. The van der Waals surface area contributed by atoms with Crippen molar-refractivity contribution in [1.29, 1.82) is 0 Å². The van der Waals surface area contributed by atoms with E-state index in [1.165, 1.54) is 5.56 Å². The molecule has 0 aromatic carbocycles. The van der Waals surface area contributed by atoms with Gasteiger partial charge in [-0.05, 0) is 44.0 Å². The van der Waals surface area contributed by atoms with Crippen LogP contribution >= 0.6 is 22.9 Å². The Balaban J connectivity index is 1.54. The molecule has 0 spiro atoms. The molecule has 4 heterocycles. The predicted octanol–water partition coefficient (Wildman–Crippen LogP) is 3.81. The first-order valence-electron chi connectivity index (χ1n) is 10.0. The van der Waals surface area contributed by atoms with E-state index in [0.29, 0.717) is 19.6 Å². The molecule has 3 aromatic rings. The molecule has 0 radical (unpaired) electrons. The number of nitrogens with zero attached hydrogens (tertiary/aromatic N) is 3. The van der Waals surface area contributed by atoms with E-state index in [1.807, 2.05) is 17.5 Å². The van der Waals surface area contributed by atoms with Crippen LogP contribution in [0.5, 0.6) is 0 Å². The SMILES string of the molecule is CC(C)(COCC(=O)N1CCc2c(n(Cc3cc(Cl)cs3)c3ncccc23)C1)C(=O)O. The van der Waals surface area contributed by atoms with Gasteiger partial charge in [0, 0.05) is 34.1 Å². The predicted molar refractivity (Wildman–Crippen MR) is 120 cm³/mol. The van der Waals surface area contributed by atoms with Crippen LogP contribution in [0.25, 0.3) is 11.0 Å². The fourth-order valence-corrected chi connectivity index (χ4v) is 4.84. The highest BCUT2D eigenvalue weighted by Crippen LogP contribution is 2.31. The normalized spacial score (nSPS) is 14.1. The molecular weight excluding hydrogens is 438 g/mol. The summed E-state index contributed by atoms with van der Waals surface area (Å²) in [6.45, 7) is 4.71. The maximum Gasteiger partial charge on any atom is 0.311 e. The summed E-state index contributed by atoms with van der Waals surface area (Å²) in [6, 6.07) is 5.97. The lowest BCUT2D eigenvalue weighted by Crippen LogP contribution is -2.40. The van der Waals surface area contributed by atoms with Crippen molar-refractivity contribution in [2.45, 2.75) is 33.4 Å². The summed E-state index contributed by atoms with van der Waals surface area (Å²) in [5, 5.41) is 12.9. The average Bonchev–Trinajstić information content (AvgIpc) is 3.29. The van der Waals surface area contributed by atoms with Crippen molar-refractivity contribution in [3.63, 3.8) is 0 Å². The summed E-state index contributed by atoms with van der Waals surface area (Å²) < 4.78 is 7.61. The standard InChI is InChI=1S/C22H24ClN3O4S/c1-22(2,21(28)29)13-30-11-19(27)25-7-5-16-17-4-3-6-24-20(17)26(18(16)10-25)9-15-8-14(23)12-31-15/h3-4,6,8,12H,5,7,9-11,13H2,1-2H3,(H,28,29). The highest BCUT2D eigenvalue weighted by Gasteiger charge is 2.30. The molecular formula is C22H24ClN3O4S. The minimum Gasteiger partial charge on any atom is -0.481 e. The van der Waals surface area contributed by atoms with Gasteiger partial charge in [-0.1, -0.05) is 11.6 Å². The molecule has 0 unspecified atom stereocenters. The fraction of sp³-hybridized carbons (Fsp3) is 0.409. The third-order valence-electron chi connectivity index (χ3n) is 5.57. The van der Waals surface area contributed by atoms with E-state index in [0.717, 1.165) is 33.0 Å². The highest BCUT2D eigenvalue weighted by atomic mass is 35.5. The van der Waals surface area contributed by atoms with E-state index in [-0.39, 0.29) is 19.1 Å². The molecule has 1 N–H and O–H groups in total. The topological polar surface area (TPSA) is 84.7 Å². The number of carboxylic acids is 1. The van der Waals surface area contributed by atoms with Gasteiger partial charge in [0.25, 0.3) is 0 Å². The Bertz CT molecular complexity index is 1140. The van der Waals surface area contributed by atoms with Crippen molar-refractivity contribution >= 4 is 45.8 Å². The average molecular weight is 462 g/mol. The van der Waals surface area contributed by atoms with Gasteiger partial charge in [-0.25, -0.2) is 4.98 Å². The van der Waals surface area contributed by atoms with E-state index in [1.54, 1.807) is 36.3 Å². The third kappa shape index (κ3) is 4.46. The molecule has 31 heavy (non-hydrogen) atoms. The zero-order valence-corrected chi connectivity index (χ0v) is 19.0. The van der Waals surface area contributed by atoms with Crippen LogP contribution in [0.1, 0.15) is 30.0 Å². The van der Waals surface area contributed by atoms with E-state index >= 15 is 0 Å². The smallest absolute Gasteiger partial charge is 0.311 e. The van der Waals surface area contributed by atoms with Gasteiger partial charge in [0.2, 0.25) is 5.91 Å². The second-order valence-corrected chi connectivity index (χ2v) is 9.80. The van der Waals surface area contributed by atoms with Crippen LogP contribution in [-0.4, -0.2) is 51.2 Å². The second-order valence-electron chi connectivity index (χ2n) is 8.36. The van der Waals surface area contributed by atoms with Gasteiger partial charge in [-0.2, -0.15) is 0 Å². The zero-order chi connectivity index (χ0) is 22.2. The number of aromatic nitrogens is 2. The van der Waals surface area contributed by atoms with Crippen LogP contribution in [0.4, 0.5) is 0 Å². The van der Waals surface area contributed by atoms with Crippen molar-refractivity contribution in [1.82, 2.24) is 14.5 Å². The highest BCUT2D eigenvalue weighted by molar-refractivity contribution is 7.10. The molecule has 0 atom stereocenters. The van der Waals surface area contributed by atoms with Crippen LogP contribution in [0.3, 0.4) is 0 Å². The van der Waals surface area contributed by atoms with Crippen LogP contribution in [0, 0.1) is 5.41 Å². The summed E-state index contributed by atoms with van der Waals surface area (Å²) in [7, 11) is 0. The molecule has 0 aliphatic carbocycles. The Hall–Kier alpha value is -2.42. The van der Waals surface area contributed by atoms with Crippen molar-refractivity contribution < 1.29 is 19.4 Å². The van der Waals surface area contributed by atoms with E-state index in [4.69, 9.17) is 16.3 Å². The number of carbonyl (C=O) groups excluding carboxylic acids is 1. The minimum absolute atomic E-state index is 0.0174. The Morgan fingerprint density at radius 3 is 2.90 bits per heavy atom. The summed E-state index contributed by atoms with van der Waals surface area (Å²) in [5.74, 6) is -1.09. The molecule has 3 aromatic heterocycles. The second kappa shape index (κ2) is 8.61. The van der Waals surface area contributed by atoms with Crippen molar-refractivity contribution in [2.24, 2.45) is 5.41 Å². The summed E-state index contributed by atoms with van der Waals surface area (Å²) in [5.41, 5.74) is 2.17. The van der Waals surface area contributed by atoms with E-state index in [2.05, 4.69) is 15.6 Å². The number of halogens is 1. The lowest BCUT2D eigenvalue weighted by molar-refractivity contribution is -0.153. The molecule has 0 fully saturated rings. The zero-order valence-electron chi connectivity index (χ0n) is 17.4. The first-order valence-corrected chi connectivity index (χ1v) is 11.3.